The standard InChI is InChI=1S/C11H21N5S2/c1-8(2)14-6-17-10-12-5-13-11(16-10)18-7-15-9(3)4/h5,8-9,14-15H,6-7H2,1-4H3. The summed E-state index contributed by atoms with van der Waals surface area (Å²) in [6, 6.07) is 0.951. The molecule has 1 aromatic heterocycles. The van der Waals surface area contributed by atoms with Gasteiger partial charge in [-0.3, -0.25) is 0 Å². The fraction of sp³-hybridized carbons (Fsp3) is 0.727. The van der Waals surface area contributed by atoms with Crippen LogP contribution >= 0.6 is 23.5 Å². The molecule has 1 rings (SSSR count). The van der Waals surface area contributed by atoms with Crippen LogP contribution in [-0.4, -0.2) is 38.8 Å². The average Bonchev–Trinajstić information content (AvgIpc) is 2.28. The lowest BCUT2D eigenvalue weighted by Crippen LogP contribution is -2.22. The van der Waals surface area contributed by atoms with Gasteiger partial charge in [0.2, 0.25) is 0 Å². The molecule has 0 aliphatic heterocycles. The average molecular weight is 287 g/mol. The summed E-state index contributed by atoms with van der Waals surface area (Å²) >= 11 is 3.19. The Morgan fingerprint density at radius 1 is 0.944 bits per heavy atom. The molecular weight excluding hydrogens is 266 g/mol. The topological polar surface area (TPSA) is 62.7 Å². The Bertz CT molecular complexity index is 317. The molecule has 18 heavy (non-hydrogen) atoms. The minimum Gasteiger partial charge on any atom is -0.305 e. The van der Waals surface area contributed by atoms with Gasteiger partial charge in [0.05, 0.1) is 0 Å². The Morgan fingerprint density at radius 3 is 1.78 bits per heavy atom. The van der Waals surface area contributed by atoms with Gasteiger partial charge in [0.25, 0.3) is 0 Å². The first-order valence-electron chi connectivity index (χ1n) is 5.99. The summed E-state index contributed by atoms with van der Waals surface area (Å²) in [6.07, 6.45) is 1.57. The highest BCUT2D eigenvalue weighted by atomic mass is 32.2. The minimum atomic E-state index is 0.475. The summed E-state index contributed by atoms with van der Waals surface area (Å²) in [7, 11) is 0. The van der Waals surface area contributed by atoms with Crippen molar-refractivity contribution >= 4 is 23.5 Å². The van der Waals surface area contributed by atoms with E-state index >= 15 is 0 Å². The van der Waals surface area contributed by atoms with E-state index in [1.807, 2.05) is 0 Å². The SMILES string of the molecule is CC(C)NCSc1ncnc(SCNC(C)C)n1. The monoisotopic (exact) mass is 287 g/mol. The van der Waals surface area contributed by atoms with E-state index in [1.165, 1.54) is 0 Å². The lowest BCUT2D eigenvalue weighted by atomic mass is 10.4. The van der Waals surface area contributed by atoms with Gasteiger partial charge in [-0.2, -0.15) is 4.98 Å². The molecule has 0 amide bonds. The van der Waals surface area contributed by atoms with E-state index in [0.717, 1.165) is 22.1 Å². The van der Waals surface area contributed by atoms with Crippen molar-refractivity contribution in [3.8, 4) is 0 Å². The summed E-state index contributed by atoms with van der Waals surface area (Å²) < 4.78 is 0. The van der Waals surface area contributed by atoms with Crippen LogP contribution in [0.25, 0.3) is 0 Å². The highest BCUT2D eigenvalue weighted by molar-refractivity contribution is 7.99. The molecule has 0 atom stereocenters. The van der Waals surface area contributed by atoms with E-state index in [-0.39, 0.29) is 0 Å². The fourth-order valence-electron chi connectivity index (χ4n) is 0.952. The second kappa shape index (κ2) is 8.68. The van der Waals surface area contributed by atoms with Crippen LogP contribution in [0.2, 0.25) is 0 Å². The highest BCUT2D eigenvalue weighted by Crippen LogP contribution is 2.15. The third-order valence-electron chi connectivity index (χ3n) is 1.91. The van der Waals surface area contributed by atoms with Crippen molar-refractivity contribution in [2.75, 3.05) is 11.8 Å². The molecule has 0 spiro atoms. The van der Waals surface area contributed by atoms with Crippen molar-refractivity contribution in [3.63, 3.8) is 0 Å². The van der Waals surface area contributed by atoms with Crippen molar-refractivity contribution in [3.05, 3.63) is 6.33 Å². The largest absolute Gasteiger partial charge is 0.305 e. The molecule has 2 N–H and O–H groups in total. The molecule has 1 heterocycles. The van der Waals surface area contributed by atoms with Crippen LogP contribution in [0.4, 0.5) is 0 Å². The normalized spacial score (nSPS) is 11.4. The van der Waals surface area contributed by atoms with Gasteiger partial charge in [-0.25, -0.2) is 9.97 Å². The second-order valence-electron chi connectivity index (χ2n) is 4.35. The Hall–Kier alpha value is -0.370. The van der Waals surface area contributed by atoms with E-state index in [9.17, 15) is 0 Å². The molecule has 0 bridgehead atoms. The molecule has 7 heteroatoms. The van der Waals surface area contributed by atoms with Gasteiger partial charge >= 0.3 is 0 Å². The molecule has 0 saturated carbocycles. The van der Waals surface area contributed by atoms with E-state index < -0.39 is 0 Å². The summed E-state index contributed by atoms with van der Waals surface area (Å²) in [5, 5.41) is 8.17. The number of rotatable bonds is 8. The van der Waals surface area contributed by atoms with E-state index in [2.05, 4.69) is 53.3 Å². The molecule has 0 fully saturated rings. The number of hydrogen-bond donors (Lipinski definition) is 2. The zero-order valence-corrected chi connectivity index (χ0v) is 12.9. The van der Waals surface area contributed by atoms with Gasteiger partial charge in [0.1, 0.15) is 6.33 Å². The first kappa shape index (κ1) is 15.7. The number of aromatic nitrogens is 3. The van der Waals surface area contributed by atoms with Crippen LogP contribution in [0, 0.1) is 0 Å². The number of nitrogens with one attached hydrogen (secondary N) is 2. The molecule has 5 nitrogen and oxygen atoms in total. The first-order valence-corrected chi connectivity index (χ1v) is 7.96. The van der Waals surface area contributed by atoms with Crippen LogP contribution in [0.5, 0.6) is 0 Å². The van der Waals surface area contributed by atoms with Crippen LogP contribution in [0.15, 0.2) is 16.6 Å². The highest BCUT2D eigenvalue weighted by Gasteiger charge is 2.03. The van der Waals surface area contributed by atoms with E-state index in [0.29, 0.717) is 12.1 Å². The van der Waals surface area contributed by atoms with Gasteiger partial charge in [0.15, 0.2) is 10.3 Å². The molecule has 0 aromatic carbocycles. The van der Waals surface area contributed by atoms with Crippen molar-refractivity contribution in [1.82, 2.24) is 25.6 Å². The number of thioether (sulfide) groups is 2. The van der Waals surface area contributed by atoms with Crippen molar-refractivity contribution in [2.45, 2.75) is 50.1 Å². The summed E-state index contributed by atoms with van der Waals surface area (Å²) in [4.78, 5) is 12.7. The third-order valence-corrected chi connectivity index (χ3v) is 3.45. The van der Waals surface area contributed by atoms with Crippen molar-refractivity contribution < 1.29 is 0 Å². The molecule has 102 valence electrons. The zero-order valence-electron chi connectivity index (χ0n) is 11.3. The lowest BCUT2D eigenvalue weighted by molar-refractivity contribution is 0.651. The van der Waals surface area contributed by atoms with Crippen LogP contribution in [-0.2, 0) is 0 Å². The summed E-state index contributed by atoms with van der Waals surface area (Å²) in [5.41, 5.74) is 0. The first-order chi connectivity index (χ1) is 8.58. The lowest BCUT2D eigenvalue weighted by Gasteiger charge is -2.08. The third kappa shape index (κ3) is 7.15. The van der Waals surface area contributed by atoms with Crippen molar-refractivity contribution in [1.29, 1.82) is 0 Å². The maximum absolute atomic E-state index is 4.39. The quantitative estimate of drug-likeness (QED) is 0.560. The Balaban J connectivity index is 2.36. The smallest absolute Gasteiger partial charge is 0.192 e. The molecule has 0 saturated heterocycles. The molecule has 0 radical (unpaired) electrons. The predicted molar refractivity (Wildman–Crippen MR) is 77.8 cm³/mol. The zero-order chi connectivity index (χ0) is 13.4. The Kier molecular flexibility index (Phi) is 7.57. The molecule has 0 aliphatic rings. The van der Waals surface area contributed by atoms with Crippen molar-refractivity contribution in [2.24, 2.45) is 0 Å². The van der Waals surface area contributed by atoms with Gasteiger partial charge in [-0.15, -0.1) is 0 Å². The van der Waals surface area contributed by atoms with Gasteiger partial charge in [-0.1, -0.05) is 51.2 Å². The molecular formula is C11H21N5S2. The maximum atomic E-state index is 4.39. The van der Waals surface area contributed by atoms with Crippen LogP contribution in [0.1, 0.15) is 27.7 Å². The van der Waals surface area contributed by atoms with Gasteiger partial charge in [-0.05, 0) is 0 Å². The molecule has 0 unspecified atom stereocenters. The second-order valence-corrected chi connectivity index (χ2v) is 6.23. The van der Waals surface area contributed by atoms with Gasteiger partial charge < -0.3 is 10.6 Å². The van der Waals surface area contributed by atoms with Crippen LogP contribution in [0.3, 0.4) is 0 Å². The minimum absolute atomic E-state index is 0.475. The van der Waals surface area contributed by atoms with E-state index in [4.69, 9.17) is 0 Å². The maximum Gasteiger partial charge on any atom is 0.192 e. The van der Waals surface area contributed by atoms with Gasteiger partial charge in [0, 0.05) is 23.8 Å². The molecule has 1 aromatic rings. The molecule has 0 aliphatic carbocycles. The summed E-state index contributed by atoms with van der Waals surface area (Å²) in [5.74, 6) is 1.63. The van der Waals surface area contributed by atoms with E-state index in [1.54, 1.807) is 29.9 Å². The fourth-order valence-corrected chi connectivity index (χ4v) is 2.65. The summed E-state index contributed by atoms with van der Waals surface area (Å²) in [6.45, 7) is 8.47. The van der Waals surface area contributed by atoms with Crippen LogP contribution < -0.4 is 10.6 Å². The Labute approximate surface area is 117 Å². The number of nitrogens with zero attached hydrogens (tertiary/aromatic N) is 3. The predicted octanol–water partition coefficient (Wildman–Crippen LogP) is 1.97. The number of hydrogen-bond acceptors (Lipinski definition) is 7. The Morgan fingerprint density at radius 2 is 1.39 bits per heavy atom.